The zero-order valence-electron chi connectivity index (χ0n) is 9.16. The topological polar surface area (TPSA) is 66.4 Å². The zero-order valence-corrected chi connectivity index (χ0v) is 9.16. The summed E-state index contributed by atoms with van der Waals surface area (Å²) < 4.78 is 0. The lowest BCUT2D eigenvalue weighted by atomic mass is 9.87. The Bertz CT molecular complexity index is 240. The average Bonchev–Trinajstić information content (AvgIpc) is 2.14. The van der Waals surface area contributed by atoms with Crippen LogP contribution in [0.25, 0.3) is 0 Å². The van der Waals surface area contributed by atoms with Gasteiger partial charge in [-0.1, -0.05) is 6.42 Å². The summed E-state index contributed by atoms with van der Waals surface area (Å²) in [4.78, 5) is 21.8. The Balaban J connectivity index is 2.18. The molecule has 0 heterocycles. The summed E-state index contributed by atoms with van der Waals surface area (Å²) in [6.45, 7) is 1.99. The van der Waals surface area contributed by atoms with E-state index in [4.69, 9.17) is 0 Å². The van der Waals surface area contributed by atoms with Gasteiger partial charge in [0.1, 0.15) is 5.78 Å². The molecule has 1 aliphatic carbocycles. The Hall–Kier alpha value is -0.900. The second kappa shape index (κ2) is 5.85. The van der Waals surface area contributed by atoms with Crippen molar-refractivity contribution < 1.29 is 14.7 Å². The number of aliphatic hydroxyl groups excluding tert-OH is 1. The van der Waals surface area contributed by atoms with Gasteiger partial charge >= 0.3 is 0 Å². The molecule has 0 aromatic heterocycles. The van der Waals surface area contributed by atoms with Crippen molar-refractivity contribution >= 4 is 11.7 Å². The molecule has 4 nitrogen and oxygen atoms in total. The van der Waals surface area contributed by atoms with E-state index in [1.54, 1.807) is 0 Å². The van der Waals surface area contributed by atoms with Crippen molar-refractivity contribution in [1.82, 2.24) is 5.32 Å². The van der Waals surface area contributed by atoms with E-state index < -0.39 is 0 Å². The van der Waals surface area contributed by atoms with Crippen molar-refractivity contribution in [2.24, 2.45) is 5.92 Å². The molecule has 4 heteroatoms. The van der Waals surface area contributed by atoms with Crippen LogP contribution in [0.5, 0.6) is 0 Å². The van der Waals surface area contributed by atoms with Crippen LogP contribution in [0.15, 0.2) is 0 Å². The number of ketones is 1. The van der Waals surface area contributed by atoms with Crippen molar-refractivity contribution in [2.75, 3.05) is 6.54 Å². The van der Waals surface area contributed by atoms with Crippen LogP contribution in [-0.4, -0.2) is 29.4 Å². The first-order chi connectivity index (χ1) is 7.08. The normalized spacial score (nSPS) is 26.0. The van der Waals surface area contributed by atoms with Gasteiger partial charge in [0.2, 0.25) is 5.91 Å². The number of nitrogens with one attached hydrogen (secondary N) is 1. The van der Waals surface area contributed by atoms with Gasteiger partial charge in [0, 0.05) is 6.54 Å². The fourth-order valence-corrected chi connectivity index (χ4v) is 1.99. The second-order valence-corrected chi connectivity index (χ2v) is 4.37. The van der Waals surface area contributed by atoms with Crippen molar-refractivity contribution in [3.63, 3.8) is 0 Å². The van der Waals surface area contributed by atoms with Crippen LogP contribution in [0.3, 0.4) is 0 Å². The first-order valence-corrected chi connectivity index (χ1v) is 5.52. The summed E-state index contributed by atoms with van der Waals surface area (Å²) >= 11 is 0. The first kappa shape index (κ1) is 12.2. The van der Waals surface area contributed by atoms with Crippen molar-refractivity contribution in [2.45, 2.75) is 45.1 Å². The van der Waals surface area contributed by atoms with E-state index in [-0.39, 0.29) is 24.2 Å². The summed E-state index contributed by atoms with van der Waals surface area (Å²) in [6.07, 6.45) is 3.47. The number of carbonyl (C=O) groups excluding carboxylic acids is 2. The van der Waals surface area contributed by atoms with Gasteiger partial charge in [-0.25, -0.2) is 0 Å². The molecule has 86 valence electrons. The highest BCUT2D eigenvalue weighted by atomic mass is 16.3. The molecule has 1 saturated carbocycles. The Kier molecular flexibility index (Phi) is 4.75. The predicted molar refractivity (Wildman–Crippen MR) is 56.3 cm³/mol. The van der Waals surface area contributed by atoms with Crippen LogP contribution >= 0.6 is 0 Å². The average molecular weight is 213 g/mol. The Labute approximate surface area is 90.0 Å². The monoisotopic (exact) mass is 213 g/mol. The van der Waals surface area contributed by atoms with Gasteiger partial charge in [0.25, 0.3) is 0 Å². The van der Waals surface area contributed by atoms with E-state index in [0.29, 0.717) is 12.5 Å². The number of carbonyl (C=O) groups is 2. The van der Waals surface area contributed by atoms with E-state index in [1.807, 2.05) is 0 Å². The molecule has 2 unspecified atom stereocenters. The maximum Gasteiger partial charge on any atom is 0.227 e. The molecule has 1 amide bonds. The number of aliphatic hydroxyl groups is 1. The molecule has 0 bridgehead atoms. The van der Waals surface area contributed by atoms with E-state index in [2.05, 4.69) is 5.32 Å². The maximum atomic E-state index is 11.2. The van der Waals surface area contributed by atoms with Crippen LogP contribution < -0.4 is 5.32 Å². The highest BCUT2D eigenvalue weighted by Gasteiger charge is 2.20. The first-order valence-electron chi connectivity index (χ1n) is 5.52. The Morgan fingerprint density at radius 2 is 2.13 bits per heavy atom. The lowest BCUT2D eigenvalue weighted by Crippen LogP contribution is -2.33. The molecule has 2 atom stereocenters. The summed E-state index contributed by atoms with van der Waals surface area (Å²) in [5, 5.41) is 12.2. The molecule has 0 aromatic carbocycles. The molecule has 0 spiro atoms. The molecule has 0 aliphatic heterocycles. The smallest absolute Gasteiger partial charge is 0.227 e. The van der Waals surface area contributed by atoms with Crippen molar-refractivity contribution in [3.05, 3.63) is 0 Å². The predicted octanol–water partition coefficient (Wildman–Crippen LogP) is 0.633. The minimum Gasteiger partial charge on any atom is -0.393 e. The van der Waals surface area contributed by atoms with Crippen LogP contribution in [0.2, 0.25) is 0 Å². The van der Waals surface area contributed by atoms with Gasteiger partial charge in [-0.15, -0.1) is 0 Å². The second-order valence-electron chi connectivity index (χ2n) is 4.37. The van der Waals surface area contributed by atoms with Gasteiger partial charge in [-0.05, 0) is 32.1 Å². The maximum absolute atomic E-state index is 11.2. The van der Waals surface area contributed by atoms with Gasteiger partial charge in [0.15, 0.2) is 0 Å². The number of rotatable bonds is 4. The fourth-order valence-electron chi connectivity index (χ4n) is 1.99. The third-order valence-corrected chi connectivity index (χ3v) is 2.75. The third-order valence-electron chi connectivity index (χ3n) is 2.75. The standard InChI is InChI=1S/C11H19NO3/c1-8(13)5-11(15)12-7-9-3-2-4-10(14)6-9/h9-10,14H,2-7H2,1H3,(H,12,15). The molecular formula is C11H19NO3. The molecule has 0 aromatic rings. The van der Waals surface area contributed by atoms with Gasteiger partial charge in [-0.2, -0.15) is 0 Å². The summed E-state index contributed by atoms with van der Waals surface area (Å²) in [5.74, 6) is 0.0448. The molecule has 0 radical (unpaired) electrons. The Morgan fingerprint density at radius 1 is 1.40 bits per heavy atom. The van der Waals surface area contributed by atoms with Crippen LogP contribution in [0.1, 0.15) is 39.0 Å². The number of hydrogen-bond acceptors (Lipinski definition) is 3. The van der Waals surface area contributed by atoms with Crippen molar-refractivity contribution in [1.29, 1.82) is 0 Å². The molecule has 15 heavy (non-hydrogen) atoms. The molecule has 1 rings (SSSR count). The van der Waals surface area contributed by atoms with Crippen LogP contribution in [0, 0.1) is 5.92 Å². The summed E-state index contributed by atoms with van der Waals surface area (Å²) in [6, 6.07) is 0. The third kappa shape index (κ3) is 4.93. The number of hydrogen-bond donors (Lipinski definition) is 2. The lowest BCUT2D eigenvalue weighted by molar-refractivity contribution is -0.127. The van der Waals surface area contributed by atoms with E-state index in [0.717, 1.165) is 25.7 Å². The van der Waals surface area contributed by atoms with Gasteiger partial charge in [-0.3, -0.25) is 9.59 Å². The quantitative estimate of drug-likeness (QED) is 0.673. The Morgan fingerprint density at radius 3 is 2.73 bits per heavy atom. The lowest BCUT2D eigenvalue weighted by Gasteiger charge is -2.25. The minimum atomic E-state index is -0.214. The molecular weight excluding hydrogens is 194 g/mol. The van der Waals surface area contributed by atoms with Crippen molar-refractivity contribution in [3.8, 4) is 0 Å². The molecule has 1 aliphatic rings. The molecule has 2 N–H and O–H groups in total. The molecule has 1 fully saturated rings. The van der Waals surface area contributed by atoms with Gasteiger partial charge in [0.05, 0.1) is 12.5 Å². The number of Topliss-reactive ketones (excluding diaryl/α,β-unsaturated/α-hetero) is 1. The van der Waals surface area contributed by atoms with E-state index in [1.165, 1.54) is 6.92 Å². The van der Waals surface area contributed by atoms with E-state index >= 15 is 0 Å². The SMILES string of the molecule is CC(=O)CC(=O)NCC1CCCC(O)C1. The van der Waals surface area contributed by atoms with E-state index in [9.17, 15) is 14.7 Å². The van der Waals surface area contributed by atoms with Crippen LogP contribution in [0.4, 0.5) is 0 Å². The summed E-state index contributed by atoms with van der Waals surface area (Å²) in [7, 11) is 0. The number of amides is 1. The zero-order chi connectivity index (χ0) is 11.3. The van der Waals surface area contributed by atoms with Gasteiger partial charge < -0.3 is 10.4 Å². The molecule has 0 saturated heterocycles. The highest BCUT2D eigenvalue weighted by molar-refractivity contribution is 5.96. The summed E-state index contributed by atoms with van der Waals surface area (Å²) in [5.41, 5.74) is 0. The van der Waals surface area contributed by atoms with Crippen LogP contribution in [-0.2, 0) is 9.59 Å². The highest BCUT2D eigenvalue weighted by Crippen LogP contribution is 2.23. The minimum absolute atomic E-state index is 0.0325. The fraction of sp³-hybridized carbons (Fsp3) is 0.818. The largest absolute Gasteiger partial charge is 0.393 e.